The predicted molar refractivity (Wildman–Crippen MR) is 93.8 cm³/mol. The molecule has 2 fully saturated rings. The summed E-state index contributed by atoms with van der Waals surface area (Å²) in [5, 5.41) is 6.12. The molecule has 2 N–H and O–H groups in total. The topological polar surface area (TPSA) is 70.7 Å². The molecule has 6 heteroatoms. The van der Waals surface area contributed by atoms with Crippen LogP contribution in [0.1, 0.15) is 59.3 Å². The third kappa shape index (κ3) is 5.65. The van der Waals surface area contributed by atoms with E-state index in [1.807, 2.05) is 6.92 Å². The van der Waals surface area contributed by atoms with Gasteiger partial charge < -0.3 is 15.4 Å². The number of piperidine rings is 1. The molecule has 0 bridgehead atoms. The molecule has 1 atom stereocenters. The second-order valence-corrected chi connectivity index (χ2v) is 7.32. The summed E-state index contributed by atoms with van der Waals surface area (Å²) in [6.45, 7) is 8.12. The van der Waals surface area contributed by atoms with Crippen LogP contribution < -0.4 is 10.6 Å². The van der Waals surface area contributed by atoms with Gasteiger partial charge in [-0.15, -0.1) is 0 Å². The number of carbonyl (C=O) groups is 2. The zero-order valence-electron chi connectivity index (χ0n) is 15.3. The number of amides is 2. The van der Waals surface area contributed by atoms with Crippen LogP contribution in [0.2, 0.25) is 0 Å². The summed E-state index contributed by atoms with van der Waals surface area (Å²) < 4.78 is 4.92. The van der Waals surface area contributed by atoms with E-state index in [1.54, 1.807) is 6.92 Å². The van der Waals surface area contributed by atoms with E-state index in [2.05, 4.69) is 22.5 Å². The van der Waals surface area contributed by atoms with Crippen LogP contribution >= 0.6 is 0 Å². The Morgan fingerprint density at radius 1 is 1.04 bits per heavy atom. The average molecular weight is 339 g/mol. The van der Waals surface area contributed by atoms with Gasteiger partial charge in [-0.3, -0.25) is 9.69 Å². The third-order valence-electron chi connectivity index (χ3n) is 5.42. The van der Waals surface area contributed by atoms with E-state index in [1.165, 1.54) is 12.8 Å². The molecule has 138 valence electrons. The highest BCUT2D eigenvalue weighted by molar-refractivity contribution is 5.81. The van der Waals surface area contributed by atoms with Gasteiger partial charge in [0.05, 0.1) is 12.6 Å². The van der Waals surface area contributed by atoms with Crippen molar-refractivity contribution < 1.29 is 14.3 Å². The van der Waals surface area contributed by atoms with Crippen molar-refractivity contribution in [2.45, 2.75) is 77.4 Å². The standard InChI is InChI=1S/C18H33N3O3/c1-4-24-18(23)20-16-9-11-21(12-10-16)14(3)17(22)19-15-7-5-13(2)6-8-15/h13-16H,4-12H2,1-3H3,(H,19,22)(H,20,23)/t13?,14-,15?/m0/s1. The first-order chi connectivity index (χ1) is 11.5. The van der Waals surface area contributed by atoms with Gasteiger partial charge in [0.2, 0.25) is 5.91 Å². The number of nitrogens with one attached hydrogen (secondary N) is 2. The lowest BCUT2D eigenvalue weighted by molar-refractivity contribution is -0.127. The fourth-order valence-electron chi connectivity index (χ4n) is 3.66. The first kappa shape index (κ1) is 19.0. The second kappa shape index (κ2) is 9.25. The fraction of sp³-hybridized carbons (Fsp3) is 0.889. The van der Waals surface area contributed by atoms with Crippen molar-refractivity contribution in [3.8, 4) is 0 Å². The van der Waals surface area contributed by atoms with Crippen LogP contribution in [-0.2, 0) is 9.53 Å². The highest BCUT2D eigenvalue weighted by atomic mass is 16.5. The molecule has 0 radical (unpaired) electrons. The van der Waals surface area contributed by atoms with E-state index in [-0.39, 0.29) is 24.1 Å². The van der Waals surface area contributed by atoms with Crippen molar-refractivity contribution in [1.29, 1.82) is 0 Å². The molecular weight excluding hydrogens is 306 g/mol. The Morgan fingerprint density at radius 3 is 2.21 bits per heavy atom. The minimum Gasteiger partial charge on any atom is -0.450 e. The van der Waals surface area contributed by atoms with Crippen molar-refractivity contribution >= 4 is 12.0 Å². The van der Waals surface area contributed by atoms with Gasteiger partial charge in [0.15, 0.2) is 0 Å². The summed E-state index contributed by atoms with van der Waals surface area (Å²) in [7, 11) is 0. The quantitative estimate of drug-likeness (QED) is 0.806. The van der Waals surface area contributed by atoms with Crippen LogP contribution in [0.25, 0.3) is 0 Å². The van der Waals surface area contributed by atoms with Gasteiger partial charge in [-0.05, 0) is 58.3 Å². The zero-order valence-corrected chi connectivity index (χ0v) is 15.3. The monoisotopic (exact) mass is 339 g/mol. The van der Waals surface area contributed by atoms with E-state index in [9.17, 15) is 9.59 Å². The normalized spacial score (nSPS) is 27.3. The van der Waals surface area contributed by atoms with Gasteiger partial charge in [-0.1, -0.05) is 6.92 Å². The van der Waals surface area contributed by atoms with E-state index in [4.69, 9.17) is 4.74 Å². The molecule has 0 aromatic carbocycles. The maximum absolute atomic E-state index is 12.5. The van der Waals surface area contributed by atoms with Gasteiger partial charge in [0.1, 0.15) is 0 Å². The van der Waals surface area contributed by atoms with Crippen LogP contribution in [0.3, 0.4) is 0 Å². The largest absolute Gasteiger partial charge is 0.450 e. The lowest BCUT2D eigenvalue weighted by Crippen LogP contribution is -2.53. The number of rotatable bonds is 5. The summed E-state index contributed by atoms with van der Waals surface area (Å²) in [6, 6.07) is 0.391. The Morgan fingerprint density at radius 2 is 1.62 bits per heavy atom. The Bertz CT molecular complexity index is 414. The molecule has 0 unspecified atom stereocenters. The van der Waals surface area contributed by atoms with Gasteiger partial charge >= 0.3 is 6.09 Å². The van der Waals surface area contributed by atoms with Crippen molar-refractivity contribution in [3.05, 3.63) is 0 Å². The van der Waals surface area contributed by atoms with E-state index in [0.717, 1.165) is 44.7 Å². The summed E-state index contributed by atoms with van der Waals surface area (Å²) >= 11 is 0. The minimum atomic E-state index is -0.340. The highest BCUT2D eigenvalue weighted by Gasteiger charge is 2.29. The Balaban J connectivity index is 1.70. The number of carbonyl (C=O) groups excluding carboxylic acids is 2. The molecule has 2 rings (SSSR count). The first-order valence-corrected chi connectivity index (χ1v) is 9.47. The minimum absolute atomic E-state index is 0.104. The Kier molecular flexibility index (Phi) is 7.34. The molecule has 0 aromatic rings. The maximum atomic E-state index is 12.5. The van der Waals surface area contributed by atoms with E-state index >= 15 is 0 Å². The number of ether oxygens (including phenoxy) is 1. The van der Waals surface area contributed by atoms with Crippen molar-refractivity contribution in [3.63, 3.8) is 0 Å². The number of nitrogens with zero attached hydrogens (tertiary/aromatic N) is 1. The zero-order chi connectivity index (χ0) is 17.5. The summed E-state index contributed by atoms with van der Waals surface area (Å²) in [4.78, 5) is 26.2. The molecule has 1 aliphatic heterocycles. The number of hydrogen-bond donors (Lipinski definition) is 2. The van der Waals surface area contributed by atoms with Crippen LogP contribution in [0.15, 0.2) is 0 Å². The molecule has 6 nitrogen and oxygen atoms in total. The fourth-order valence-corrected chi connectivity index (χ4v) is 3.66. The number of hydrogen-bond acceptors (Lipinski definition) is 4. The van der Waals surface area contributed by atoms with Gasteiger partial charge in [0.25, 0.3) is 0 Å². The third-order valence-corrected chi connectivity index (χ3v) is 5.42. The molecule has 1 saturated heterocycles. The van der Waals surface area contributed by atoms with Crippen molar-refractivity contribution in [2.24, 2.45) is 5.92 Å². The van der Waals surface area contributed by atoms with Gasteiger partial charge in [-0.25, -0.2) is 4.79 Å². The average Bonchev–Trinajstić information content (AvgIpc) is 2.57. The molecule has 1 aliphatic carbocycles. The highest BCUT2D eigenvalue weighted by Crippen LogP contribution is 2.23. The number of likely N-dealkylation sites (tertiary alicyclic amines) is 1. The molecule has 0 aromatic heterocycles. The SMILES string of the molecule is CCOC(=O)NC1CCN([C@@H](C)C(=O)NC2CCC(C)CC2)CC1. The molecule has 2 aliphatic rings. The lowest BCUT2D eigenvalue weighted by atomic mass is 9.87. The molecule has 1 heterocycles. The second-order valence-electron chi connectivity index (χ2n) is 7.32. The van der Waals surface area contributed by atoms with E-state index < -0.39 is 0 Å². The molecule has 1 saturated carbocycles. The molecule has 2 amide bonds. The number of alkyl carbamates (subject to hydrolysis) is 1. The summed E-state index contributed by atoms with van der Waals surface area (Å²) in [5.74, 6) is 0.938. The van der Waals surface area contributed by atoms with Gasteiger partial charge in [0, 0.05) is 25.2 Å². The Labute approximate surface area is 145 Å². The first-order valence-electron chi connectivity index (χ1n) is 9.47. The van der Waals surface area contributed by atoms with Crippen molar-refractivity contribution in [2.75, 3.05) is 19.7 Å². The van der Waals surface area contributed by atoms with E-state index in [0.29, 0.717) is 12.6 Å². The van der Waals surface area contributed by atoms with Crippen LogP contribution in [-0.4, -0.2) is 54.7 Å². The van der Waals surface area contributed by atoms with Crippen LogP contribution in [0.4, 0.5) is 4.79 Å². The lowest BCUT2D eigenvalue weighted by Gasteiger charge is -2.36. The predicted octanol–water partition coefficient (Wildman–Crippen LogP) is 2.28. The summed E-state index contributed by atoms with van der Waals surface area (Å²) in [5.41, 5.74) is 0. The molecular formula is C18H33N3O3. The Hall–Kier alpha value is -1.30. The van der Waals surface area contributed by atoms with Gasteiger partial charge in [-0.2, -0.15) is 0 Å². The van der Waals surface area contributed by atoms with Crippen LogP contribution in [0.5, 0.6) is 0 Å². The smallest absolute Gasteiger partial charge is 0.407 e. The summed E-state index contributed by atoms with van der Waals surface area (Å²) in [6.07, 6.45) is 6.01. The molecule has 24 heavy (non-hydrogen) atoms. The van der Waals surface area contributed by atoms with Crippen molar-refractivity contribution in [1.82, 2.24) is 15.5 Å². The molecule has 0 spiro atoms. The van der Waals surface area contributed by atoms with Crippen LogP contribution in [0, 0.1) is 5.92 Å². The maximum Gasteiger partial charge on any atom is 0.407 e.